The Morgan fingerprint density at radius 3 is 2.29 bits per heavy atom. The molecule has 0 heterocycles. The second kappa shape index (κ2) is 7.62. The second-order valence-corrected chi connectivity index (χ2v) is 5.55. The van der Waals surface area contributed by atoms with Gasteiger partial charge in [0.05, 0.1) is 0 Å². The summed E-state index contributed by atoms with van der Waals surface area (Å²) in [5, 5.41) is 0. The quantitative estimate of drug-likeness (QED) is 0.644. The molecule has 0 bridgehead atoms. The van der Waals surface area contributed by atoms with Crippen molar-refractivity contribution < 1.29 is 4.39 Å². The highest BCUT2D eigenvalue weighted by Gasteiger charge is 2.05. The molecule has 3 aromatic carbocycles. The highest BCUT2D eigenvalue weighted by Crippen LogP contribution is 2.24. The van der Waals surface area contributed by atoms with Gasteiger partial charge < -0.3 is 10.3 Å². The van der Waals surface area contributed by atoms with Crippen molar-refractivity contribution in [3.63, 3.8) is 0 Å². The highest BCUT2D eigenvalue weighted by atomic mass is 19.1. The smallest absolute Gasteiger partial charge is 0.125 e. The van der Waals surface area contributed by atoms with Gasteiger partial charge in [-0.3, -0.25) is 0 Å². The van der Waals surface area contributed by atoms with Gasteiger partial charge in [0, 0.05) is 30.7 Å². The van der Waals surface area contributed by atoms with E-state index < -0.39 is 0 Å². The largest absolute Gasteiger partial charge is 0.345 e. The molecule has 3 aromatic rings. The van der Waals surface area contributed by atoms with Crippen molar-refractivity contribution in [1.29, 1.82) is 0 Å². The minimum Gasteiger partial charge on any atom is -0.345 e. The first-order valence-electron chi connectivity index (χ1n) is 7.84. The Labute approximate surface area is 141 Å². The molecule has 3 rings (SSSR count). The van der Waals surface area contributed by atoms with Gasteiger partial charge in [0.2, 0.25) is 0 Å². The molecule has 2 N–H and O–H groups in total. The Hall–Kier alpha value is -2.85. The maximum Gasteiger partial charge on any atom is 0.125 e. The van der Waals surface area contributed by atoms with Gasteiger partial charge in [-0.15, -0.1) is 0 Å². The topological polar surface area (TPSA) is 27.3 Å². The maximum absolute atomic E-state index is 13.3. The Bertz CT molecular complexity index is 772. The van der Waals surface area contributed by atoms with Gasteiger partial charge in [0.15, 0.2) is 0 Å². The molecule has 0 aliphatic heterocycles. The molecule has 0 saturated heterocycles. The fourth-order valence-electron chi connectivity index (χ4n) is 2.44. The molecule has 122 valence electrons. The van der Waals surface area contributed by atoms with E-state index in [-0.39, 0.29) is 5.82 Å². The lowest BCUT2D eigenvalue weighted by Gasteiger charge is -2.20. The summed E-state index contributed by atoms with van der Waals surface area (Å²) in [6.45, 7) is 0.707. The number of anilines is 3. The number of nitrogens with zero attached hydrogens (tertiary/aromatic N) is 1. The summed E-state index contributed by atoms with van der Waals surface area (Å²) >= 11 is 0. The third kappa shape index (κ3) is 4.12. The van der Waals surface area contributed by atoms with Crippen molar-refractivity contribution in [2.75, 3.05) is 17.4 Å². The number of para-hydroxylation sites is 1. The van der Waals surface area contributed by atoms with Gasteiger partial charge in [0.1, 0.15) is 5.82 Å². The minimum atomic E-state index is -0.229. The van der Waals surface area contributed by atoms with E-state index in [2.05, 4.69) is 23.0 Å². The van der Waals surface area contributed by atoms with E-state index in [9.17, 15) is 4.39 Å². The molecule has 3 nitrogen and oxygen atoms in total. The lowest BCUT2D eigenvalue weighted by Crippen LogP contribution is -2.20. The minimum absolute atomic E-state index is 0.229. The van der Waals surface area contributed by atoms with E-state index in [1.54, 1.807) is 6.07 Å². The van der Waals surface area contributed by atoms with Crippen LogP contribution in [0.1, 0.15) is 5.56 Å². The van der Waals surface area contributed by atoms with E-state index in [1.165, 1.54) is 12.1 Å². The fraction of sp³-hybridized carbons (Fsp3) is 0.100. The number of nitrogens with one attached hydrogen (secondary N) is 2. The van der Waals surface area contributed by atoms with Crippen molar-refractivity contribution >= 4 is 17.1 Å². The van der Waals surface area contributed by atoms with E-state index in [4.69, 9.17) is 0 Å². The van der Waals surface area contributed by atoms with Crippen LogP contribution >= 0.6 is 0 Å². The molecule has 4 heteroatoms. The molecular weight excluding hydrogens is 301 g/mol. The van der Waals surface area contributed by atoms with Crippen LogP contribution in [0.5, 0.6) is 0 Å². The molecule has 0 unspecified atom stereocenters. The number of rotatable bonds is 6. The molecule has 0 atom stereocenters. The molecule has 0 saturated carbocycles. The fourth-order valence-corrected chi connectivity index (χ4v) is 2.44. The third-order valence-corrected chi connectivity index (χ3v) is 3.82. The summed E-state index contributed by atoms with van der Waals surface area (Å²) in [5.74, 6) is -0.229. The number of halogens is 1. The van der Waals surface area contributed by atoms with Crippen molar-refractivity contribution in [1.82, 2.24) is 5.43 Å². The van der Waals surface area contributed by atoms with Crippen molar-refractivity contribution in [2.45, 2.75) is 6.54 Å². The van der Waals surface area contributed by atoms with Gasteiger partial charge in [-0.1, -0.05) is 36.4 Å². The predicted molar refractivity (Wildman–Crippen MR) is 97.8 cm³/mol. The lowest BCUT2D eigenvalue weighted by atomic mass is 10.2. The summed E-state index contributed by atoms with van der Waals surface area (Å²) in [7, 11) is 1.93. The molecule has 0 aliphatic rings. The lowest BCUT2D eigenvalue weighted by molar-refractivity contribution is 0.628. The maximum atomic E-state index is 13.3. The zero-order valence-electron chi connectivity index (χ0n) is 13.5. The highest BCUT2D eigenvalue weighted by molar-refractivity contribution is 5.62. The summed E-state index contributed by atoms with van der Waals surface area (Å²) in [6, 6.07) is 24.7. The van der Waals surface area contributed by atoms with E-state index >= 15 is 0 Å². The van der Waals surface area contributed by atoms with Crippen LogP contribution in [-0.4, -0.2) is 7.05 Å². The molecule has 0 aromatic heterocycles. The van der Waals surface area contributed by atoms with Crippen LogP contribution in [0.3, 0.4) is 0 Å². The monoisotopic (exact) mass is 321 g/mol. The first-order chi connectivity index (χ1) is 11.7. The van der Waals surface area contributed by atoms with Crippen LogP contribution in [0.2, 0.25) is 0 Å². The van der Waals surface area contributed by atoms with Crippen LogP contribution in [0.25, 0.3) is 0 Å². The Morgan fingerprint density at radius 1 is 0.833 bits per heavy atom. The zero-order valence-corrected chi connectivity index (χ0v) is 13.5. The number of benzene rings is 3. The summed E-state index contributed by atoms with van der Waals surface area (Å²) in [4.78, 5) is 1.96. The zero-order chi connectivity index (χ0) is 16.8. The number of hydrogen-bond acceptors (Lipinski definition) is 3. The third-order valence-electron chi connectivity index (χ3n) is 3.82. The van der Waals surface area contributed by atoms with Crippen LogP contribution < -0.4 is 15.8 Å². The Balaban J connectivity index is 1.59. The molecule has 0 fully saturated rings. The average Bonchev–Trinajstić information content (AvgIpc) is 2.63. The predicted octanol–water partition coefficient (Wildman–Crippen LogP) is 4.71. The van der Waals surface area contributed by atoms with Crippen LogP contribution in [-0.2, 0) is 6.54 Å². The van der Waals surface area contributed by atoms with Crippen LogP contribution in [0, 0.1) is 5.82 Å². The van der Waals surface area contributed by atoms with Crippen LogP contribution in [0.4, 0.5) is 21.5 Å². The van der Waals surface area contributed by atoms with Gasteiger partial charge >= 0.3 is 0 Å². The number of hydrazine groups is 1. The Morgan fingerprint density at radius 2 is 1.58 bits per heavy atom. The van der Waals surface area contributed by atoms with Crippen molar-refractivity contribution in [3.8, 4) is 0 Å². The van der Waals surface area contributed by atoms with Gasteiger partial charge in [-0.25, -0.2) is 9.82 Å². The van der Waals surface area contributed by atoms with Gasteiger partial charge in [0.25, 0.3) is 0 Å². The summed E-state index contributed by atoms with van der Waals surface area (Å²) in [6.07, 6.45) is 0. The van der Waals surface area contributed by atoms with Gasteiger partial charge in [-0.2, -0.15) is 0 Å². The second-order valence-electron chi connectivity index (χ2n) is 5.55. The molecule has 0 amide bonds. The molecular formula is C20H20FN3. The van der Waals surface area contributed by atoms with E-state index in [1.807, 2.05) is 60.5 Å². The molecule has 0 radical (unpaired) electrons. The van der Waals surface area contributed by atoms with Crippen LogP contribution in [0.15, 0.2) is 78.9 Å². The molecule has 24 heavy (non-hydrogen) atoms. The summed E-state index contributed by atoms with van der Waals surface area (Å²) < 4.78 is 13.3. The average molecular weight is 321 g/mol. The first-order valence-corrected chi connectivity index (χ1v) is 7.84. The Kier molecular flexibility index (Phi) is 5.08. The number of hydrogen-bond donors (Lipinski definition) is 2. The first kappa shape index (κ1) is 16.0. The SMILES string of the molecule is CN(c1ccc(CNNc2ccccc2)cc1)c1cccc(F)c1. The summed E-state index contributed by atoms with van der Waals surface area (Å²) in [5.41, 5.74) is 10.4. The normalized spacial score (nSPS) is 10.4. The standard InChI is InChI=1S/C20H20FN3/c1-24(20-9-5-6-17(21)14-20)19-12-10-16(11-13-19)15-22-23-18-7-3-2-4-8-18/h2-14,22-23H,15H2,1H3. The molecule has 0 aliphatic carbocycles. The van der Waals surface area contributed by atoms with E-state index in [0.717, 1.165) is 22.6 Å². The van der Waals surface area contributed by atoms with Gasteiger partial charge in [-0.05, 0) is 48.0 Å². The van der Waals surface area contributed by atoms with Crippen molar-refractivity contribution in [3.05, 3.63) is 90.2 Å². The van der Waals surface area contributed by atoms with E-state index in [0.29, 0.717) is 6.54 Å². The molecule has 0 spiro atoms. The van der Waals surface area contributed by atoms with Crippen molar-refractivity contribution in [2.24, 2.45) is 0 Å².